The summed E-state index contributed by atoms with van der Waals surface area (Å²) in [6.07, 6.45) is 0. The lowest BCUT2D eigenvalue weighted by Gasteiger charge is -2.09. The van der Waals surface area contributed by atoms with E-state index in [9.17, 15) is 9.59 Å². The number of carbonyl (C=O) groups is 2. The number of ether oxygens (including phenoxy) is 2. The first-order valence-corrected chi connectivity index (χ1v) is 8.35. The summed E-state index contributed by atoms with van der Waals surface area (Å²) in [6.45, 7) is 3.87. The molecule has 0 heterocycles. The van der Waals surface area contributed by atoms with Gasteiger partial charge in [-0.15, -0.1) is 0 Å². The molecule has 0 fully saturated rings. The Bertz CT molecular complexity index is 736. The topological polar surface area (TPSA) is 52.6 Å². The molecule has 4 nitrogen and oxygen atoms in total. The maximum Gasteiger partial charge on any atom is 0.339 e. The number of hydrogen-bond donors (Lipinski definition) is 0. The third kappa shape index (κ3) is 4.45. The quantitative estimate of drug-likeness (QED) is 0.533. The highest BCUT2D eigenvalue weighted by atomic mass is 79.9. The Morgan fingerprint density at radius 3 is 2.33 bits per heavy atom. The molecule has 0 saturated carbocycles. The Kier molecular flexibility index (Phi) is 6.15. The first-order valence-electron chi connectivity index (χ1n) is 7.56. The van der Waals surface area contributed by atoms with Crippen LogP contribution >= 0.6 is 15.9 Å². The van der Waals surface area contributed by atoms with Crippen molar-refractivity contribution in [1.82, 2.24) is 0 Å². The smallest absolute Gasteiger partial charge is 0.339 e. The van der Waals surface area contributed by atoms with E-state index in [0.717, 1.165) is 5.56 Å². The number of esters is 1. The van der Waals surface area contributed by atoms with E-state index < -0.39 is 5.97 Å². The third-order valence-electron chi connectivity index (χ3n) is 3.63. The molecule has 24 heavy (non-hydrogen) atoms. The van der Waals surface area contributed by atoms with Crippen LogP contribution in [0.3, 0.4) is 0 Å². The van der Waals surface area contributed by atoms with Gasteiger partial charge in [-0.3, -0.25) is 4.79 Å². The van der Waals surface area contributed by atoms with Crippen LogP contribution in [0.15, 0.2) is 46.9 Å². The second kappa shape index (κ2) is 8.11. The predicted octanol–water partition coefficient (Wildman–Crippen LogP) is 4.62. The van der Waals surface area contributed by atoms with Crippen LogP contribution in [0, 0.1) is 0 Å². The molecular weight excluding hydrogens is 372 g/mol. The van der Waals surface area contributed by atoms with E-state index in [1.165, 1.54) is 7.11 Å². The summed E-state index contributed by atoms with van der Waals surface area (Å²) >= 11 is 3.29. The van der Waals surface area contributed by atoms with E-state index >= 15 is 0 Å². The lowest BCUT2D eigenvalue weighted by atomic mass is 10.0. The summed E-state index contributed by atoms with van der Waals surface area (Å²) in [6, 6.07) is 12.3. The number of carbonyl (C=O) groups excluding carboxylic acids is 2. The van der Waals surface area contributed by atoms with E-state index in [0.29, 0.717) is 27.3 Å². The van der Waals surface area contributed by atoms with Crippen LogP contribution in [0.2, 0.25) is 0 Å². The zero-order valence-corrected chi connectivity index (χ0v) is 15.4. The lowest BCUT2D eigenvalue weighted by Crippen LogP contribution is -2.14. The lowest BCUT2D eigenvalue weighted by molar-refractivity contribution is 0.0473. The molecule has 0 bridgehead atoms. The molecule has 0 saturated heterocycles. The average Bonchev–Trinajstić information content (AvgIpc) is 2.59. The van der Waals surface area contributed by atoms with Gasteiger partial charge in [-0.25, -0.2) is 4.79 Å². The van der Waals surface area contributed by atoms with Gasteiger partial charge >= 0.3 is 5.97 Å². The van der Waals surface area contributed by atoms with Crippen molar-refractivity contribution >= 4 is 27.7 Å². The Labute approximate surface area is 149 Å². The SMILES string of the molecule is COc1ccc(Br)c(C(=O)OCC(=O)c2ccc(C(C)C)cc2)c1. The molecule has 0 amide bonds. The van der Waals surface area contributed by atoms with Crippen molar-refractivity contribution in [3.05, 3.63) is 63.6 Å². The number of benzene rings is 2. The number of halogens is 1. The molecule has 126 valence electrons. The fourth-order valence-electron chi connectivity index (χ4n) is 2.13. The van der Waals surface area contributed by atoms with E-state index in [-0.39, 0.29) is 12.4 Å². The standard InChI is InChI=1S/C19H19BrO4/c1-12(2)13-4-6-14(7-5-13)18(21)11-24-19(22)16-10-15(23-3)8-9-17(16)20/h4-10,12H,11H2,1-3H3. The number of ketones is 1. The van der Waals surface area contributed by atoms with Gasteiger partial charge in [-0.05, 0) is 45.6 Å². The van der Waals surface area contributed by atoms with Crippen molar-refractivity contribution in [2.75, 3.05) is 13.7 Å². The van der Waals surface area contributed by atoms with E-state index in [1.54, 1.807) is 30.3 Å². The van der Waals surface area contributed by atoms with Crippen molar-refractivity contribution in [3.8, 4) is 5.75 Å². The summed E-state index contributed by atoms with van der Waals surface area (Å²) in [4.78, 5) is 24.3. The molecule has 2 rings (SSSR count). The molecule has 0 aliphatic carbocycles. The van der Waals surface area contributed by atoms with Crippen LogP contribution in [0.5, 0.6) is 5.75 Å². The van der Waals surface area contributed by atoms with Gasteiger partial charge in [-0.2, -0.15) is 0 Å². The summed E-state index contributed by atoms with van der Waals surface area (Å²) in [5.41, 5.74) is 2.00. The number of methoxy groups -OCH3 is 1. The van der Waals surface area contributed by atoms with Gasteiger partial charge in [0, 0.05) is 10.0 Å². The van der Waals surface area contributed by atoms with E-state index in [4.69, 9.17) is 9.47 Å². The van der Waals surface area contributed by atoms with Crippen LogP contribution < -0.4 is 4.74 Å². The highest BCUT2D eigenvalue weighted by Crippen LogP contribution is 2.23. The molecule has 0 atom stereocenters. The largest absolute Gasteiger partial charge is 0.497 e. The zero-order chi connectivity index (χ0) is 17.7. The molecule has 0 spiro atoms. The predicted molar refractivity (Wildman–Crippen MR) is 95.8 cm³/mol. The third-order valence-corrected chi connectivity index (χ3v) is 4.32. The molecule has 0 aromatic heterocycles. The van der Waals surface area contributed by atoms with E-state index in [1.807, 2.05) is 12.1 Å². The number of hydrogen-bond acceptors (Lipinski definition) is 4. The van der Waals surface area contributed by atoms with Crippen molar-refractivity contribution < 1.29 is 19.1 Å². The molecule has 5 heteroatoms. The minimum absolute atomic E-state index is 0.238. The molecule has 0 aliphatic heterocycles. The molecule has 2 aromatic rings. The summed E-state index contributed by atoms with van der Waals surface area (Å²) in [5.74, 6) is 0.128. The van der Waals surface area contributed by atoms with Crippen molar-refractivity contribution in [3.63, 3.8) is 0 Å². The van der Waals surface area contributed by atoms with Gasteiger partial charge in [0.05, 0.1) is 12.7 Å². The normalized spacial score (nSPS) is 10.5. The van der Waals surface area contributed by atoms with Gasteiger partial charge in [0.15, 0.2) is 12.4 Å². The van der Waals surface area contributed by atoms with Crippen LogP contribution in [-0.4, -0.2) is 25.5 Å². The second-order valence-corrected chi connectivity index (χ2v) is 6.48. The van der Waals surface area contributed by atoms with Crippen LogP contribution in [0.4, 0.5) is 0 Å². The van der Waals surface area contributed by atoms with Crippen molar-refractivity contribution in [2.24, 2.45) is 0 Å². The zero-order valence-electron chi connectivity index (χ0n) is 13.8. The Hall–Kier alpha value is -2.14. The highest BCUT2D eigenvalue weighted by molar-refractivity contribution is 9.10. The monoisotopic (exact) mass is 390 g/mol. The van der Waals surface area contributed by atoms with Crippen LogP contribution in [-0.2, 0) is 4.74 Å². The number of Topliss-reactive ketones (excluding diaryl/α,β-unsaturated/α-hetero) is 1. The summed E-state index contributed by atoms with van der Waals surface area (Å²) in [5, 5.41) is 0. The summed E-state index contributed by atoms with van der Waals surface area (Å²) in [7, 11) is 1.52. The maximum atomic E-state index is 12.2. The van der Waals surface area contributed by atoms with Gasteiger partial charge in [0.1, 0.15) is 5.75 Å². The Balaban J connectivity index is 2.02. The second-order valence-electron chi connectivity index (χ2n) is 5.62. The molecule has 0 unspecified atom stereocenters. The van der Waals surface area contributed by atoms with Crippen molar-refractivity contribution in [1.29, 1.82) is 0 Å². The van der Waals surface area contributed by atoms with E-state index in [2.05, 4.69) is 29.8 Å². The van der Waals surface area contributed by atoms with Crippen molar-refractivity contribution in [2.45, 2.75) is 19.8 Å². The summed E-state index contributed by atoms with van der Waals surface area (Å²) < 4.78 is 10.8. The fourth-order valence-corrected chi connectivity index (χ4v) is 2.54. The van der Waals surface area contributed by atoms with Gasteiger partial charge in [-0.1, -0.05) is 38.1 Å². The molecule has 0 aliphatic rings. The van der Waals surface area contributed by atoms with Gasteiger partial charge in [0.2, 0.25) is 0 Å². The van der Waals surface area contributed by atoms with Gasteiger partial charge < -0.3 is 9.47 Å². The first kappa shape index (κ1) is 18.2. The number of rotatable bonds is 6. The average molecular weight is 391 g/mol. The first-order chi connectivity index (χ1) is 11.4. The minimum atomic E-state index is -0.576. The molecule has 0 N–H and O–H groups in total. The van der Waals surface area contributed by atoms with Crippen LogP contribution in [0.1, 0.15) is 46.0 Å². The fraction of sp³-hybridized carbons (Fsp3) is 0.263. The molecule has 2 aromatic carbocycles. The molecule has 0 radical (unpaired) electrons. The van der Waals surface area contributed by atoms with Crippen LogP contribution in [0.25, 0.3) is 0 Å². The Morgan fingerprint density at radius 1 is 1.08 bits per heavy atom. The van der Waals surface area contributed by atoms with Gasteiger partial charge in [0.25, 0.3) is 0 Å². The molecular formula is C19H19BrO4. The highest BCUT2D eigenvalue weighted by Gasteiger charge is 2.15. The Morgan fingerprint density at radius 2 is 1.75 bits per heavy atom. The maximum absolute atomic E-state index is 12.2. The minimum Gasteiger partial charge on any atom is -0.497 e.